The highest BCUT2D eigenvalue weighted by atomic mass is 35.5. The summed E-state index contributed by atoms with van der Waals surface area (Å²) in [5, 5.41) is 16.3. The van der Waals surface area contributed by atoms with Crippen molar-refractivity contribution in [3.05, 3.63) is 99.4 Å². The van der Waals surface area contributed by atoms with E-state index >= 15 is 0 Å². The number of hydrogen-bond acceptors (Lipinski definition) is 5. The van der Waals surface area contributed by atoms with Gasteiger partial charge in [0.2, 0.25) is 4.80 Å². The van der Waals surface area contributed by atoms with Gasteiger partial charge in [-0.05, 0) is 42.0 Å². The first kappa shape index (κ1) is 18.8. The van der Waals surface area contributed by atoms with Crippen LogP contribution in [0.1, 0.15) is 11.1 Å². The van der Waals surface area contributed by atoms with Crippen molar-refractivity contribution >= 4 is 34.8 Å². The molecule has 140 valence electrons. The molecule has 0 bridgehead atoms. The lowest BCUT2D eigenvalue weighted by atomic mass is 10.2. The molecule has 5 nitrogen and oxygen atoms in total. The van der Waals surface area contributed by atoms with Crippen molar-refractivity contribution in [2.75, 3.05) is 0 Å². The topological polar surface area (TPSA) is 66.3 Å². The van der Waals surface area contributed by atoms with Crippen molar-refractivity contribution in [3.63, 3.8) is 0 Å². The first-order chi connectivity index (χ1) is 14.2. The first-order valence-corrected chi connectivity index (χ1v) is 9.94. The Morgan fingerprint density at radius 2 is 1.86 bits per heavy atom. The maximum atomic E-state index is 8.95. The smallest absolute Gasteiger partial charge is 0.211 e. The molecule has 0 atom stereocenters. The van der Waals surface area contributed by atoms with E-state index in [0.29, 0.717) is 15.4 Å². The van der Waals surface area contributed by atoms with Crippen LogP contribution in [0.25, 0.3) is 11.3 Å². The molecule has 4 aromatic rings. The molecule has 0 N–H and O–H groups in total. The van der Waals surface area contributed by atoms with Gasteiger partial charge >= 0.3 is 0 Å². The van der Waals surface area contributed by atoms with Crippen molar-refractivity contribution < 1.29 is 0 Å². The van der Waals surface area contributed by atoms with Crippen LogP contribution in [0.2, 0.25) is 5.02 Å². The summed E-state index contributed by atoms with van der Waals surface area (Å²) in [7, 11) is 0. The van der Waals surface area contributed by atoms with Crippen LogP contribution >= 0.6 is 22.9 Å². The van der Waals surface area contributed by atoms with Crippen molar-refractivity contribution in [1.29, 1.82) is 5.26 Å². The normalized spacial score (nSPS) is 11.7. The molecule has 2 aromatic carbocycles. The standard InChI is InChI=1S/C22H14ClN5S/c23-19-9-7-18(8-10-19)21-15-29-22(27-20-2-1-11-25-14-20)28(21)26-13-17-5-3-16(12-24)4-6-17/h1-11,13-15H. The average Bonchev–Trinajstić information content (AvgIpc) is 3.16. The number of hydrogen-bond donors (Lipinski definition) is 0. The minimum atomic E-state index is 0.611. The van der Waals surface area contributed by atoms with Crippen LogP contribution in [0.4, 0.5) is 5.69 Å². The van der Waals surface area contributed by atoms with Crippen LogP contribution in [0.5, 0.6) is 0 Å². The Kier molecular flexibility index (Phi) is 5.61. The Morgan fingerprint density at radius 3 is 2.55 bits per heavy atom. The Labute approximate surface area is 176 Å². The Hall–Kier alpha value is -3.53. The summed E-state index contributed by atoms with van der Waals surface area (Å²) in [6, 6.07) is 20.7. The first-order valence-electron chi connectivity index (χ1n) is 8.69. The number of halogens is 1. The third-order valence-corrected chi connectivity index (χ3v) is 5.13. The second-order valence-electron chi connectivity index (χ2n) is 6.02. The van der Waals surface area contributed by atoms with E-state index in [1.54, 1.807) is 35.4 Å². The SMILES string of the molecule is N#Cc1ccc(C=Nn2c(-c3ccc(Cl)cc3)csc2=Nc2cccnc2)cc1. The molecule has 0 spiro atoms. The third-order valence-electron chi connectivity index (χ3n) is 4.06. The summed E-state index contributed by atoms with van der Waals surface area (Å²) < 4.78 is 1.79. The van der Waals surface area contributed by atoms with E-state index in [4.69, 9.17) is 16.9 Å². The molecular formula is C22H14ClN5S. The molecule has 0 fully saturated rings. The highest BCUT2D eigenvalue weighted by Gasteiger charge is 2.08. The number of thiazole rings is 1. The van der Waals surface area contributed by atoms with Crippen LogP contribution in [-0.4, -0.2) is 15.9 Å². The molecule has 0 aliphatic carbocycles. The molecule has 0 aliphatic rings. The molecule has 7 heteroatoms. The summed E-state index contributed by atoms with van der Waals surface area (Å²) in [6.07, 6.45) is 5.16. The van der Waals surface area contributed by atoms with Crippen LogP contribution in [0.3, 0.4) is 0 Å². The Bertz CT molecular complexity index is 1250. The fourth-order valence-corrected chi connectivity index (χ4v) is 3.59. The lowest BCUT2D eigenvalue weighted by Crippen LogP contribution is -2.11. The Morgan fingerprint density at radius 1 is 1.07 bits per heavy atom. The number of nitrogens with zero attached hydrogens (tertiary/aromatic N) is 5. The van der Waals surface area contributed by atoms with Gasteiger partial charge in [0.1, 0.15) is 0 Å². The minimum Gasteiger partial charge on any atom is -0.262 e. The summed E-state index contributed by atoms with van der Waals surface area (Å²) >= 11 is 7.53. The molecule has 4 rings (SSSR count). The second-order valence-corrected chi connectivity index (χ2v) is 7.30. The lowest BCUT2D eigenvalue weighted by molar-refractivity contribution is 0.854. The van der Waals surface area contributed by atoms with Gasteiger partial charge < -0.3 is 0 Å². The molecule has 0 saturated carbocycles. The van der Waals surface area contributed by atoms with Crippen molar-refractivity contribution in [3.8, 4) is 17.3 Å². The summed E-state index contributed by atoms with van der Waals surface area (Å²) in [4.78, 5) is 9.51. The van der Waals surface area contributed by atoms with Gasteiger partial charge in [-0.3, -0.25) is 4.98 Å². The molecule has 0 unspecified atom stereocenters. The van der Waals surface area contributed by atoms with Crippen molar-refractivity contribution in [2.24, 2.45) is 10.1 Å². The second kappa shape index (κ2) is 8.65. The predicted octanol–water partition coefficient (Wildman–Crippen LogP) is 5.25. The average molecular weight is 416 g/mol. The van der Waals surface area contributed by atoms with Gasteiger partial charge in [-0.2, -0.15) is 10.4 Å². The molecule has 0 aliphatic heterocycles. The highest BCUT2D eigenvalue weighted by molar-refractivity contribution is 7.07. The molecule has 2 heterocycles. The Balaban J connectivity index is 1.80. The summed E-state index contributed by atoms with van der Waals surface area (Å²) in [6.45, 7) is 0. The fourth-order valence-electron chi connectivity index (χ4n) is 2.61. The van der Waals surface area contributed by atoms with E-state index < -0.39 is 0 Å². The van der Waals surface area contributed by atoms with E-state index in [9.17, 15) is 0 Å². The maximum absolute atomic E-state index is 8.95. The van der Waals surface area contributed by atoms with Gasteiger partial charge in [-0.25, -0.2) is 9.67 Å². The number of aromatic nitrogens is 2. The highest BCUT2D eigenvalue weighted by Crippen LogP contribution is 2.22. The maximum Gasteiger partial charge on any atom is 0.211 e. The molecule has 0 amide bonds. The zero-order chi connectivity index (χ0) is 20.1. The van der Waals surface area contributed by atoms with E-state index in [-0.39, 0.29) is 0 Å². The number of benzene rings is 2. The van der Waals surface area contributed by atoms with Crippen LogP contribution in [0, 0.1) is 11.3 Å². The van der Waals surface area contributed by atoms with E-state index in [0.717, 1.165) is 22.5 Å². The van der Waals surface area contributed by atoms with Crippen LogP contribution in [0.15, 0.2) is 88.5 Å². The van der Waals surface area contributed by atoms with Gasteiger partial charge in [0.15, 0.2) is 0 Å². The van der Waals surface area contributed by atoms with E-state index in [2.05, 4.69) is 21.1 Å². The molecule has 0 saturated heterocycles. The van der Waals surface area contributed by atoms with Gasteiger partial charge in [0, 0.05) is 22.2 Å². The zero-order valence-corrected chi connectivity index (χ0v) is 16.7. The largest absolute Gasteiger partial charge is 0.262 e. The predicted molar refractivity (Wildman–Crippen MR) is 116 cm³/mol. The van der Waals surface area contributed by atoms with Crippen molar-refractivity contribution in [2.45, 2.75) is 0 Å². The van der Waals surface area contributed by atoms with Gasteiger partial charge in [0.25, 0.3) is 0 Å². The van der Waals surface area contributed by atoms with Crippen LogP contribution < -0.4 is 4.80 Å². The van der Waals surface area contributed by atoms with E-state index in [1.807, 2.05) is 53.9 Å². The summed E-state index contributed by atoms with van der Waals surface area (Å²) in [5.74, 6) is 0. The molecule has 29 heavy (non-hydrogen) atoms. The fraction of sp³-hybridized carbons (Fsp3) is 0. The molecular weight excluding hydrogens is 402 g/mol. The zero-order valence-electron chi connectivity index (χ0n) is 15.1. The van der Waals surface area contributed by atoms with Gasteiger partial charge in [-0.1, -0.05) is 35.9 Å². The third kappa shape index (κ3) is 4.49. The van der Waals surface area contributed by atoms with Gasteiger partial charge in [0.05, 0.1) is 35.4 Å². The van der Waals surface area contributed by atoms with E-state index in [1.165, 1.54) is 11.3 Å². The number of nitriles is 1. The quantitative estimate of drug-likeness (QED) is 0.427. The lowest BCUT2D eigenvalue weighted by Gasteiger charge is -2.04. The number of pyridine rings is 1. The van der Waals surface area contributed by atoms with Crippen molar-refractivity contribution in [1.82, 2.24) is 9.66 Å². The molecule has 0 radical (unpaired) electrons. The summed E-state index contributed by atoms with van der Waals surface area (Å²) in [5.41, 5.74) is 4.13. The molecule has 2 aromatic heterocycles. The van der Waals surface area contributed by atoms with Crippen LogP contribution in [-0.2, 0) is 0 Å². The monoisotopic (exact) mass is 415 g/mol. The minimum absolute atomic E-state index is 0.611. The van der Waals surface area contributed by atoms with Gasteiger partial charge in [-0.15, -0.1) is 11.3 Å². The number of rotatable bonds is 4.